The molecule has 6 heteroatoms. The van der Waals surface area contributed by atoms with Crippen LogP contribution in [-0.2, 0) is 13.8 Å². The minimum absolute atomic E-state index is 0. The number of phosphoric ester groups is 1. The molecule has 0 saturated heterocycles. The number of hydrogen-bond acceptors (Lipinski definition) is 3. The topological polar surface area (TPSA) is 76.0 Å². The number of unbranched alkanes of at least 4 members (excludes halogenated alkanes) is 10. The molecule has 0 aromatic heterocycles. The third-order valence-corrected chi connectivity index (χ3v) is 3.90. The molecule has 23 heavy (non-hydrogen) atoms. The summed E-state index contributed by atoms with van der Waals surface area (Å²) in [5, 5.41) is 0. The van der Waals surface area contributed by atoms with E-state index in [1.54, 1.807) is 0 Å². The van der Waals surface area contributed by atoms with Crippen molar-refractivity contribution in [1.29, 1.82) is 0 Å². The van der Waals surface area contributed by atoms with Crippen molar-refractivity contribution in [1.82, 2.24) is 0 Å². The van der Waals surface area contributed by atoms with Crippen LogP contribution in [0, 0.1) is 0 Å². The fourth-order valence-corrected chi connectivity index (χ4v) is 2.50. The number of hydrogen-bond donors (Lipinski definition) is 2. The summed E-state index contributed by atoms with van der Waals surface area (Å²) in [5.41, 5.74) is 0. The van der Waals surface area contributed by atoms with E-state index in [1.165, 1.54) is 57.8 Å². The lowest BCUT2D eigenvalue weighted by Gasteiger charge is -2.06. The number of ether oxygens (including phenoxy) is 1. The Labute approximate surface area is 144 Å². The number of rotatable bonds is 16. The van der Waals surface area contributed by atoms with Crippen molar-refractivity contribution in [2.24, 2.45) is 0 Å². The normalized spacial score (nSPS) is 10.9. The van der Waals surface area contributed by atoms with E-state index >= 15 is 0 Å². The Balaban J connectivity index is -0.00000200. The van der Waals surface area contributed by atoms with E-state index in [4.69, 9.17) is 14.5 Å². The lowest BCUT2D eigenvalue weighted by atomic mass is 10.1. The maximum Gasteiger partial charge on any atom is 0.469 e. The van der Waals surface area contributed by atoms with Gasteiger partial charge in [-0.25, -0.2) is 4.57 Å². The van der Waals surface area contributed by atoms with Gasteiger partial charge in [-0.05, 0) is 6.42 Å². The Kier molecular flexibility index (Phi) is 24.4. The molecule has 0 unspecified atom stereocenters. The van der Waals surface area contributed by atoms with Gasteiger partial charge in [0.25, 0.3) is 0 Å². The Hall–Kier alpha value is 0.0700. The first-order chi connectivity index (χ1) is 10.1. The van der Waals surface area contributed by atoms with Crippen LogP contribution in [0.15, 0.2) is 0 Å². The molecule has 0 fully saturated rings. The lowest BCUT2D eigenvalue weighted by Crippen LogP contribution is -2.04. The Morgan fingerprint density at radius 1 is 0.696 bits per heavy atom. The molecular weight excluding hydrogens is 315 g/mol. The van der Waals surface area contributed by atoms with Crippen LogP contribution in [0.25, 0.3) is 0 Å². The molecule has 0 heterocycles. The molecule has 0 aliphatic rings. The predicted molar refractivity (Wildman–Crippen MR) is 98.7 cm³/mol. The average Bonchev–Trinajstić information content (AvgIpc) is 2.42. The maximum absolute atomic E-state index is 10.4. The van der Waals surface area contributed by atoms with Gasteiger partial charge in [0.05, 0.1) is 13.2 Å². The largest absolute Gasteiger partial charge is 0.469 e. The second-order valence-electron chi connectivity index (χ2n) is 5.47. The molecule has 5 nitrogen and oxygen atoms in total. The molecular formula is C17H41O5P. The Bertz CT molecular complexity index is 255. The first kappa shape index (κ1) is 27.9. The van der Waals surface area contributed by atoms with Crippen LogP contribution in [0.4, 0.5) is 0 Å². The van der Waals surface area contributed by atoms with Crippen molar-refractivity contribution in [3.8, 4) is 0 Å². The third kappa shape index (κ3) is 27.2. The lowest BCUT2D eigenvalue weighted by molar-refractivity contribution is 0.0831. The zero-order valence-electron chi connectivity index (χ0n) is 13.5. The minimum Gasteiger partial charge on any atom is -0.379 e. The molecule has 0 radical (unpaired) electrons. The molecule has 0 rings (SSSR count). The van der Waals surface area contributed by atoms with Crippen molar-refractivity contribution in [2.45, 2.75) is 92.4 Å². The molecule has 0 aromatic carbocycles. The van der Waals surface area contributed by atoms with Crippen LogP contribution in [0.5, 0.6) is 0 Å². The summed E-state index contributed by atoms with van der Waals surface area (Å²) < 4.78 is 19.9. The average molecular weight is 356 g/mol. The van der Waals surface area contributed by atoms with E-state index in [1.807, 2.05) is 0 Å². The molecule has 0 bridgehead atoms. The van der Waals surface area contributed by atoms with Crippen LogP contribution in [-0.4, -0.2) is 29.6 Å². The van der Waals surface area contributed by atoms with Gasteiger partial charge >= 0.3 is 7.82 Å². The molecule has 2 N–H and O–H groups in total. The minimum atomic E-state index is -4.33. The van der Waals surface area contributed by atoms with Crippen molar-refractivity contribution < 1.29 is 23.6 Å². The molecule has 0 aliphatic carbocycles. The van der Waals surface area contributed by atoms with Gasteiger partial charge in [0.1, 0.15) is 0 Å². The van der Waals surface area contributed by atoms with E-state index in [0.29, 0.717) is 6.61 Å². The van der Waals surface area contributed by atoms with Crippen LogP contribution >= 0.6 is 7.82 Å². The van der Waals surface area contributed by atoms with Crippen LogP contribution in [0.3, 0.4) is 0 Å². The SMILES string of the molecule is C.C.CCCCCCCCCCCCCOCCOP(=O)(O)O. The summed E-state index contributed by atoms with van der Waals surface area (Å²) in [6, 6.07) is 0. The van der Waals surface area contributed by atoms with Crippen molar-refractivity contribution in [3.63, 3.8) is 0 Å². The fraction of sp³-hybridized carbons (Fsp3) is 1.00. The summed E-state index contributed by atoms with van der Waals surface area (Å²) >= 11 is 0. The molecule has 0 amide bonds. The number of phosphoric acid groups is 1. The van der Waals surface area contributed by atoms with Crippen molar-refractivity contribution in [3.05, 3.63) is 0 Å². The summed E-state index contributed by atoms with van der Waals surface area (Å²) in [7, 11) is -4.33. The fourth-order valence-electron chi connectivity index (χ4n) is 2.19. The summed E-state index contributed by atoms with van der Waals surface area (Å²) in [6.45, 7) is 3.07. The molecule has 0 saturated carbocycles. The van der Waals surface area contributed by atoms with E-state index in [-0.39, 0.29) is 28.1 Å². The van der Waals surface area contributed by atoms with E-state index in [0.717, 1.165) is 12.8 Å². The quantitative estimate of drug-likeness (QED) is 0.274. The summed E-state index contributed by atoms with van der Waals surface area (Å²) in [5.74, 6) is 0. The maximum atomic E-state index is 10.4. The Morgan fingerprint density at radius 3 is 1.57 bits per heavy atom. The van der Waals surface area contributed by atoms with Gasteiger partial charge < -0.3 is 14.5 Å². The van der Waals surface area contributed by atoms with Gasteiger partial charge in [-0.2, -0.15) is 0 Å². The molecule has 144 valence electrons. The van der Waals surface area contributed by atoms with Crippen LogP contribution < -0.4 is 0 Å². The molecule has 0 spiro atoms. The van der Waals surface area contributed by atoms with Gasteiger partial charge in [0, 0.05) is 6.61 Å². The zero-order chi connectivity index (χ0) is 15.8. The van der Waals surface area contributed by atoms with Crippen molar-refractivity contribution in [2.75, 3.05) is 19.8 Å². The zero-order valence-corrected chi connectivity index (χ0v) is 14.4. The Morgan fingerprint density at radius 2 is 1.13 bits per heavy atom. The van der Waals surface area contributed by atoms with E-state index < -0.39 is 7.82 Å². The standard InChI is InChI=1S/C15H33O5P.2CH4/c1-2-3-4-5-6-7-8-9-10-11-12-13-19-14-15-20-21(16,17)18;;/h2-15H2,1H3,(H2,16,17,18);2*1H4. The molecule has 0 atom stereocenters. The highest BCUT2D eigenvalue weighted by Crippen LogP contribution is 2.35. The monoisotopic (exact) mass is 356 g/mol. The van der Waals surface area contributed by atoms with Gasteiger partial charge in [-0.3, -0.25) is 4.52 Å². The summed E-state index contributed by atoms with van der Waals surface area (Å²) in [6.07, 6.45) is 14.3. The molecule has 0 aromatic rings. The second kappa shape index (κ2) is 20.1. The first-order valence-corrected chi connectivity index (χ1v) is 9.87. The highest BCUT2D eigenvalue weighted by atomic mass is 31.2. The first-order valence-electron chi connectivity index (χ1n) is 8.34. The summed E-state index contributed by atoms with van der Waals surface area (Å²) in [4.78, 5) is 16.9. The highest BCUT2D eigenvalue weighted by molar-refractivity contribution is 7.46. The highest BCUT2D eigenvalue weighted by Gasteiger charge is 2.12. The van der Waals surface area contributed by atoms with Gasteiger partial charge in [0.2, 0.25) is 0 Å². The predicted octanol–water partition coefficient (Wildman–Crippen LogP) is 5.70. The second-order valence-corrected chi connectivity index (χ2v) is 6.71. The van der Waals surface area contributed by atoms with Gasteiger partial charge in [-0.1, -0.05) is 86.0 Å². The third-order valence-electron chi connectivity index (χ3n) is 3.38. The van der Waals surface area contributed by atoms with Crippen LogP contribution in [0.2, 0.25) is 0 Å². The molecule has 0 aliphatic heterocycles. The van der Waals surface area contributed by atoms with Crippen LogP contribution in [0.1, 0.15) is 92.4 Å². The van der Waals surface area contributed by atoms with Crippen molar-refractivity contribution >= 4 is 7.82 Å². The van der Waals surface area contributed by atoms with Gasteiger partial charge in [-0.15, -0.1) is 0 Å². The van der Waals surface area contributed by atoms with Gasteiger partial charge in [0.15, 0.2) is 0 Å². The van der Waals surface area contributed by atoms with E-state index in [2.05, 4.69) is 11.4 Å². The van der Waals surface area contributed by atoms with E-state index in [9.17, 15) is 4.57 Å². The smallest absolute Gasteiger partial charge is 0.379 e.